The molecule has 6 atom stereocenters. The third-order valence-electron chi connectivity index (χ3n) is 4.67. The summed E-state index contributed by atoms with van der Waals surface area (Å²) in [5.74, 6) is -3.21. The molecule has 39 heavy (non-hydrogen) atoms. The second-order valence-electron chi connectivity index (χ2n) is 8.10. The van der Waals surface area contributed by atoms with Crippen molar-refractivity contribution < 1.29 is 55.0 Å². The smallest absolute Gasteiger partial charge is 0.321 e. The molecule has 228 valence electrons. The number of carbonyl (C=O) groups excluding carboxylic acids is 3. The number of thioether (sulfide) groups is 2. The first kappa shape index (κ1) is 37.2. The van der Waals surface area contributed by atoms with Crippen LogP contribution >= 0.6 is 23.5 Å². The SMILES string of the molecule is NC(CSC[NH+]([O-])NCCNC(=O)C[C@@H](O)[C@@H](O)[C@H](O)C(=O)NCCNC(=O)CSCC(N)C(O)O)C(=O)O. The summed E-state index contributed by atoms with van der Waals surface area (Å²) in [5, 5.41) is 74.5. The standard InChI is InChI=1S/C19H39N7O11S2/c20-10(18(33)34)6-38-8-14(29)23-1-2-24-17(32)16(31)15(30)12(27)5-13(28)22-3-4-25-26(37)9-39-7-11(21)19(35)36/h10-12,15-16,18,25-27,30-31,33-34H,1-9,20-21H2,(H,22,28)(H,23,29)(H,24,32)(H,35,36)/t10?,11?,12-,15-,16+/m1/s1. The van der Waals surface area contributed by atoms with Gasteiger partial charge in [0.05, 0.1) is 30.9 Å². The summed E-state index contributed by atoms with van der Waals surface area (Å²) in [4.78, 5) is 46.1. The first-order valence-corrected chi connectivity index (χ1v) is 13.9. The Morgan fingerprint density at radius 3 is 2.05 bits per heavy atom. The predicted molar refractivity (Wildman–Crippen MR) is 140 cm³/mol. The number of carbonyl (C=O) groups is 4. The third kappa shape index (κ3) is 18.2. The number of quaternary nitrogens is 1. The minimum Gasteiger partial charge on any atom is -0.612 e. The number of aliphatic hydroxyl groups is 5. The number of hydrogen-bond acceptors (Lipinski definition) is 15. The van der Waals surface area contributed by atoms with Gasteiger partial charge in [0.25, 0.3) is 5.91 Å². The van der Waals surface area contributed by atoms with Crippen molar-refractivity contribution in [2.24, 2.45) is 11.5 Å². The molecule has 0 bridgehead atoms. The molecule has 0 fully saturated rings. The second kappa shape index (κ2) is 21.0. The largest absolute Gasteiger partial charge is 0.612 e. The van der Waals surface area contributed by atoms with E-state index in [9.17, 15) is 39.7 Å². The van der Waals surface area contributed by atoms with Gasteiger partial charge in [-0.3, -0.25) is 24.4 Å². The normalized spacial score (nSPS) is 16.0. The highest BCUT2D eigenvalue weighted by Gasteiger charge is 2.31. The van der Waals surface area contributed by atoms with Crippen molar-refractivity contribution in [3.8, 4) is 0 Å². The Morgan fingerprint density at radius 1 is 0.846 bits per heavy atom. The van der Waals surface area contributed by atoms with Gasteiger partial charge in [-0.05, 0) is 0 Å². The third-order valence-corrected chi connectivity index (χ3v) is 6.82. The highest BCUT2D eigenvalue weighted by Crippen LogP contribution is 2.05. The zero-order valence-electron chi connectivity index (χ0n) is 21.0. The van der Waals surface area contributed by atoms with Crippen LogP contribution in [-0.4, -0.2) is 140 Å². The molecule has 0 spiro atoms. The predicted octanol–water partition coefficient (Wildman–Crippen LogP) is -7.83. The Bertz CT molecular complexity index is 757. The Morgan fingerprint density at radius 2 is 1.44 bits per heavy atom. The molecule has 0 heterocycles. The lowest BCUT2D eigenvalue weighted by atomic mass is 10.0. The van der Waals surface area contributed by atoms with E-state index in [2.05, 4.69) is 21.4 Å². The average Bonchev–Trinajstić information content (AvgIpc) is 2.87. The van der Waals surface area contributed by atoms with Crippen molar-refractivity contribution in [1.29, 1.82) is 0 Å². The van der Waals surface area contributed by atoms with Gasteiger partial charge in [-0.15, -0.1) is 0 Å². The number of carboxylic acid groups (broad SMARTS) is 1. The van der Waals surface area contributed by atoms with Gasteiger partial charge in [0, 0.05) is 31.1 Å². The molecule has 0 radical (unpaired) electrons. The lowest BCUT2D eigenvalue weighted by Crippen LogP contribution is -3.14. The van der Waals surface area contributed by atoms with Crippen LogP contribution in [0.15, 0.2) is 0 Å². The molecule has 0 aromatic carbocycles. The van der Waals surface area contributed by atoms with Crippen LogP contribution in [0.2, 0.25) is 0 Å². The van der Waals surface area contributed by atoms with Crippen LogP contribution in [0.25, 0.3) is 0 Å². The number of nitrogens with one attached hydrogen (secondary N) is 5. The summed E-state index contributed by atoms with van der Waals surface area (Å²) in [6.07, 6.45) is -8.17. The number of amides is 3. The Kier molecular flexibility index (Phi) is 20.0. The highest BCUT2D eigenvalue weighted by molar-refractivity contribution is 8.00. The van der Waals surface area contributed by atoms with Gasteiger partial charge in [-0.1, -0.05) is 11.8 Å². The quantitative estimate of drug-likeness (QED) is 0.0309. The van der Waals surface area contributed by atoms with Crippen molar-refractivity contribution in [3.63, 3.8) is 0 Å². The Labute approximate surface area is 232 Å². The van der Waals surface area contributed by atoms with Crippen molar-refractivity contribution >= 4 is 47.2 Å². The molecule has 15 N–H and O–H groups in total. The van der Waals surface area contributed by atoms with E-state index in [-0.39, 0.29) is 49.3 Å². The molecule has 0 aliphatic rings. The van der Waals surface area contributed by atoms with E-state index in [1.807, 2.05) is 0 Å². The first-order valence-electron chi connectivity index (χ1n) is 11.6. The van der Waals surface area contributed by atoms with Gasteiger partial charge < -0.3 is 63.3 Å². The number of aliphatic hydroxyl groups excluding tert-OH is 4. The summed E-state index contributed by atoms with van der Waals surface area (Å²) < 4.78 is 0. The summed E-state index contributed by atoms with van der Waals surface area (Å²) >= 11 is 2.10. The van der Waals surface area contributed by atoms with Crippen molar-refractivity contribution in [1.82, 2.24) is 21.4 Å². The summed E-state index contributed by atoms with van der Waals surface area (Å²) in [6, 6.07) is -1.99. The minimum absolute atomic E-state index is 0.0147. The average molecular weight is 606 g/mol. The minimum atomic E-state index is -2.06. The highest BCUT2D eigenvalue weighted by atomic mass is 32.2. The van der Waals surface area contributed by atoms with Crippen LogP contribution in [0.1, 0.15) is 6.42 Å². The number of hydroxylamine groups is 1. The van der Waals surface area contributed by atoms with E-state index in [0.717, 1.165) is 23.5 Å². The van der Waals surface area contributed by atoms with E-state index in [1.165, 1.54) is 0 Å². The Hall–Kier alpha value is -1.82. The molecular formula is C19H39N7O11S2. The fourth-order valence-corrected chi connectivity index (χ4v) is 4.12. The lowest BCUT2D eigenvalue weighted by molar-refractivity contribution is -0.882. The van der Waals surface area contributed by atoms with E-state index in [1.54, 1.807) is 0 Å². The molecule has 0 aliphatic heterocycles. The van der Waals surface area contributed by atoms with Crippen LogP contribution < -0.4 is 38.0 Å². The number of carboxylic acids is 1. The van der Waals surface area contributed by atoms with Crippen LogP contribution in [-0.2, 0) is 19.2 Å². The molecule has 0 aromatic rings. The maximum absolute atomic E-state index is 12.0. The van der Waals surface area contributed by atoms with Gasteiger partial charge in [-0.25, -0.2) is 0 Å². The zero-order chi connectivity index (χ0) is 30.0. The van der Waals surface area contributed by atoms with E-state index < -0.39 is 72.0 Å². The maximum atomic E-state index is 12.0. The van der Waals surface area contributed by atoms with Crippen molar-refractivity contribution in [3.05, 3.63) is 5.21 Å². The lowest BCUT2D eigenvalue weighted by Gasteiger charge is -2.23. The fourth-order valence-electron chi connectivity index (χ4n) is 2.47. The molecular weight excluding hydrogens is 566 g/mol. The molecule has 0 aliphatic carbocycles. The maximum Gasteiger partial charge on any atom is 0.321 e. The van der Waals surface area contributed by atoms with E-state index >= 15 is 0 Å². The number of hydrogen-bond donors (Lipinski definition) is 13. The van der Waals surface area contributed by atoms with Gasteiger partial charge >= 0.3 is 5.97 Å². The molecule has 18 nitrogen and oxygen atoms in total. The molecule has 3 unspecified atom stereocenters. The van der Waals surface area contributed by atoms with Crippen LogP contribution in [0, 0.1) is 5.21 Å². The van der Waals surface area contributed by atoms with Gasteiger partial charge in [-0.2, -0.15) is 17.2 Å². The van der Waals surface area contributed by atoms with Gasteiger partial charge in [0.15, 0.2) is 12.4 Å². The molecule has 0 rings (SSSR count). The molecule has 0 aromatic heterocycles. The molecule has 0 saturated heterocycles. The van der Waals surface area contributed by atoms with Crippen LogP contribution in [0.5, 0.6) is 0 Å². The van der Waals surface area contributed by atoms with E-state index in [0.29, 0.717) is 0 Å². The van der Waals surface area contributed by atoms with Crippen molar-refractivity contribution in [2.75, 3.05) is 49.3 Å². The molecule has 3 amide bonds. The topological polar surface area (TPSA) is 317 Å². The van der Waals surface area contributed by atoms with Crippen LogP contribution in [0.4, 0.5) is 0 Å². The summed E-state index contributed by atoms with van der Waals surface area (Å²) in [7, 11) is 0. The molecule has 20 heteroatoms. The van der Waals surface area contributed by atoms with Gasteiger partial charge in [0.2, 0.25) is 11.8 Å². The van der Waals surface area contributed by atoms with Crippen molar-refractivity contribution in [2.45, 2.75) is 43.1 Å². The Balaban J connectivity index is 4.07. The number of rotatable bonds is 22. The number of nitrogens with two attached hydrogens (primary N) is 2. The molecule has 0 saturated carbocycles. The monoisotopic (exact) mass is 605 g/mol. The zero-order valence-corrected chi connectivity index (χ0v) is 22.7. The van der Waals surface area contributed by atoms with Crippen LogP contribution in [0.3, 0.4) is 0 Å². The number of aliphatic carboxylic acids is 1. The van der Waals surface area contributed by atoms with Gasteiger partial charge in [0.1, 0.15) is 18.0 Å². The summed E-state index contributed by atoms with van der Waals surface area (Å²) in [5.41, 5.74) is 13.2. The second-order valence-corrected chi connectivity index (χ2v) is 10.2. The van der Waals surface area contributed by atoms with E-state index in [4.69, 9.17) is 26.8 Å². The first-order chi connectivity index (χ1) is 18.3. The summed E-state index contributed by atoms with van der Waals surface area (Å²) in [6.45, 7) is -0.107. The fraction of sp³-hybridized carbons (Fsp3) is 0.789.